The van der Waals surface area contributed by atoms with Gasteiger partial charge in [0.2, 0.25) is 0 Å². The van der Waals surface area contributed by atoms with E-state index in [1.165, 1.54) is 32.7 Å². The van der Waals surface area contributed by atoms with Crippen molar-refractivity contribution in [1.82, 2.24) is 0 Å². The molecular weight excluding hydrogens is 512 g/mol. The van der Waals surface area contributed by atoms with Crippen molar-refractivity contribution in [2.24, 2.45) is 0 Å². The molecule has 2 aliphatic rings. The molecule has 0 amide bonds. The Kier molecular flexibility index (Phi) is 5.10. The van der Waals surface area contributed by atoms with Crippen molar-refractivity contribution >= 4 is 44.2 Å². The van der Waals surface area contributed by atoms with Crippen LogP contribution in [-0.4, -0.2) is 26.4 Å². The third kappa shape index (κ3) is 3.48. The van der Waals surface area contributed by atoms with Crippen LogP contribution in [0.4, 0.5) is 0 Å². The molecule has 6 heteroatoms. The van der Waals surface area contributed by atoms with Crippen LogP contribution in [0.2, 0.25) is 0 Å². The number of hydrogen-bond acceptors (Lipinski definition) is 6. The number of hydrogen-bond donors (Lipinski definition) is 0. The molecule has 2 aromatic heterocycles. The number of benzene rings is 4. The van der Waals surface area contributed by atoms with Gasteiger partial charge in [-0.05, 0) is 55.9 Å². The van der Waals surface area contributed by atoms with Gasteiger partial charge in [0, 0.05) is 10.8 Å². The lowest BCUT2D eigenvalue weighted by molar-refractivity contribution is 0.174. The Morgan fingerprint density at radius 3 is 1.47 bits per heavy atom. The fourth-order valence-corrected chi connectivity index (χ4v) is 7.30. The topological polar surface area (TPSA) is 36.9 Å². The molecule has 0 saturated carbocycles. The van der Waals surface area contributed by atoms with Crippen molar-refractivity contribution in [2.45, 2.75) is 0 Å². The van der Waals surface area contributed by atoms with E-state index in [4.69, 9.17) is 18.9 Å². The molecule has 0 N–H and O–H groups in total. The number of ether oxygens (including phenoxy) is 4. The summed E-state index contributed by atoms with van der Waals surface area (Å²) in [6, 6.07) is 26.5. The van der Waals surface area contributed by atoms with Crippen LogP contribution in [0.1, 0.15) is 0 Å². The monoisotopic (exact) mass is 534 g/mol. The van der Waals surface area contributed by atoms with Crippen LogP contribution in [0.15, 0.2) is 83.6 Å². The standard InChI is InChI=1S/C32H22O4S2/c1-3-19-15-21(31-29-27(17-37-31)33-11-13-35-29)7-9-23(19)25(5-1)26-6-2-4-20-16-22(8-10-24(20)26)32-30-28(18-38-32)34-12-14-36-30/h1-10,15-18H,11-14H2. The van der Waals surface area contributed by atoms with Crippen LogP contribution in [-0.2, 0) is 0 Å². The second-order valence-corrected chi connectivity index (χ2v) is 11.2. The average molecular weight is 535 g/mol. The van der Waals surface area contributed by atoms with Gasteiger partial charge < -0.3 is 18.9 Å². The molecule has 0 spiro atoms. The van der Waals surface area contributed by atoms with Crippen molar-refractivity contribution in [3.05, 3.63) is 83.6 Å². The van der Waals surface area contributed by atoms with Crippen molar-refractivity contribution < 1.29 is 18.9 Å². The molecule has 4 heterocycles. The van der Waals surface area contributed by atoms with E-state index >= 15 is 0 Å². The highest BCUT2D eigenvalue weighted by molar-refractivity contribution is 7.14. The predicted molar refractivity (Wildman–Crippen MR) is 155 cm³/mol. The maximum Gasteiger partial charge on any atom is 0.179 e. The highest BCUT2D eigenvalue weighted by Crippen LogP contribution is 2.48. The first kappa shape index (κ1) is 22.0. The maximum atomic E-state index is 5.94. The summed E-state index contributed by atoms with van der Waals surface area (Å²) in [5.41, 5.74) is 4.76. The second kappa shape index (κ2) is 8.79. The SMILES string of the molecule is c1cc(-c2cccc3cc(-c4scc5c4OCCO5)ccc23)c2ccc(-c3scc4c3OCCO4)cc2c1. The molecule has 0 fully saturated rings. The highest BCUT2D eigenvalue weighted by Gasteiger charge is 2.21. The Balaban J connectivity index is 1.22. The number of rotatable bonds is 3. The summed E-state index contributed by atoms with van der Waals surface area (Å²) in [5, 5.41) is 8.95. The maximum absolute atomic E-state index is 5.94. The minimum atomic E-state index is 0.590. The van der Waals surface area contributed by atoms with Crippen LogP contribution < -0.4 is 18.9 Å². The fourth-order valence-electron chi connectivity index (χ4n) is 5.44. The molecule has 4 nitrogen and oxygen atoms in total. The first-order valence-corrected chi connectivity index (χ1v) is 14.4. The third-order valence-electron chi connectivity index (χ3n) is 7.18. The van der Waals surface area contributed by atoms with Crippen LogP contribution >= 0.6 is 22.7 Å². The highest BCUT2D eigenvalue weighted by atomic mass is 32.1. The van der Waals surface area contributed by atoms with Gasteiger partial charge in [0.05, 0.1) is 9.75 Å². The molecule has 2 aliphatic heterocycles. The molecule has 4 aromatic carbocycles. The molecule has 186 valence electrons. The molecule has 0 saturated heterocycles. The third-order valence-corrected chi connectivity index (χ3v) is 9.16. The first-order valence-electron chi connectivity index (χ1n) is 12.6. The van der Waals surface area contributed by atoms with E-state index in [2.05, 4.69) is 72.8 Å². The summed E-state index contributed by atoms with van der Waals surface area (Å²) in [4.78, 5) is 2.24. The summed E-state index contributed by atoms with van der Waals surface area (Å²) in [7, 11) is 0. The molecular formula is C32H22O4S2. The molecule has 0 unspecified atom stereocenters. The Hall–Kier alpha value is -4.00. The number of thiophene rings is 2. The number of fused-ring (bicyclic) bond motifs is 4. The molecule has 6 aromatic rings. The zero-order valence-electron chi connectivity index (χ0n) is 20.4. The van der Waals surface area contributed by atoms with Crippen molar-refractivity contribution in [1.29, 1.82) is 0 Å². The average Bonchev–Trinajstić information content (AvgIpc) is 3.61. The molecule has 0 atom stereocenters. The summed E-state index contributed by atoms with van der Waals surface area (Å²) < 4.78 is 23.4. The van der Waals surface area contributed by atoms with Crippen molar-refractivity contribution in [3.8, 4) is 55.0 Å². The Bertz CT molecular complexity index is 1710. The van der Waals surface area contributed by atoms with Gasteiger partial charge in [-0.2, -0.15) is 0 Å². The molecule has 8 rings (SSSR count). The van der Waals surface area contributed by atoms with Crippen LogP contribution in [0.25, 0.3) is 53.6 Å². The van der Waals surface area contributed by atoms with Gasteiger partial charge in [0.1, 0.15) is 26.4 Å². The van der Waals surface area contributed by atoms with Crippen LogP contribution in [0, 0.1) is 0 Å². The predicted octanol–water partition coefficient (Wildman–Crippen LogP) is 8.66. The van der Waals surface area contributed by atoms with E-state index in [1.54, 1.807) is 22.7 Å². The quantitative estimate of drug-likeness (QED) is 0.228. The van der Waals surface area contributed by atoms with E-state index < -0.39 is 0 Å². The van der Waals surface area contributed by atoms with Gasteiger partial charge in [-0.1, -0.05) is 60.7 Å². The lowest BCUT2D eigenvalue weighted by Gasteiger charge is -2.17. The van der Waals surface area contributed by atoms with Crippen molar-refractivity contribution in [3.63, 3.8) is 0 Å². The van der Waals surface area contributed by atoms with Gasteiger partial charge >= 0.3 is 0 Å². The van der Waals surface area contributed by atoms with Crippen LogP contribution in [0.5, 0.6) is 23.0 Å². The van der Waals surface area contributed by atoms with Gasteiger partial charge in [-0.15, -0.1) is 22.7 Å². The fraction of sp³-hybridized carbons (Fsp3) is 0.125. The molecule has 0 bridgehead atoms. The summed E-state index contributed by atoms with van der Waals surface area (Å²) in [6.07, 6.45) is 0. The van der Waals surface area contributed by atoms with Gasteiger partial charge in [0.25, 0.3) is 0 Å². The zero-order valence-corrected chi connectivity index (χ0v) is 22.0. The summed E-state index contributed by atoms with van der Waals surface area (Å²) in [6.45, 7) is 2.39. The van der Waals surface area contributed by atoms with Crippen LogP contribution in [0.3, 0.4) is 0 Å². The smallest absolute Gasteiger partial charge is 0.179 e. The summed E-state index contributed by atoms with van der Waals surface area (Å²) >= 11 is 3.34. The van der Waals surface area contributed by atoms with E-state index in [0.29, 0.717) is 26.4 Å². The first-order chi connectivity index (χ1) is 18.8. The van der Waals surface area contributed by atoms with Gasteiger partial charge in [-0.25, -0.2) is 0 Å². The lowest BCUT2D eigenvalue weighted by atomic mass is 9.92. The van der Waals surface area contributed by atoms with E-state index in [0.717, 1.165) is 43.9 Å². The van der Waals surface area contributed by atoms with Gasteiger partial charge in [0.15, 0.2) is 23.0 Å². The zero-order chi connectivity index (χ0) is 25.1. The van der Waals surface area contributed by atoms with E-state index in [-0.39, 0.29) is 0 Å². The summed E-state index contributed by atoms with van der Waals surface area (Å²) in [5.74, 6) is 3.43. The minimum Gasteiger partial charge on any atom is -0.485 e. The minimum absolute atomic E-state index is 0.590. The Morgan fingerprint density at radius 1 is 0.500 bits per heavy atom. The van der Waals surface area contributed by atoms with Crippen molar-refractivity contribution in [2.75, 3.05) is 26.4 Å². The van der Waals surface area contributed by atoms with E-state index in [9.17, 15) is 0 Å². The Labute approximate surface area is 227 Å². The second-order valence-electron chi connectivity index (χ2n) is 9.39. The molecule has 0 radical (unpaired) electrons. The Morgan fingerprint density at radius 2 is 0.974 bits per heavy atom. The molecule has 0 aliphatic carbocycles. The largest absolute Gasteiger partial charge is 0.485 e. The normalized spacial score (nSPS) is 14.2. The molecule has 38 heavy (non-hydrogen) atoms. The van der Waals surface area contributed by atoms with E-state index in [1.807, 2.05) is 10.8 Å². The van der Waals surface area contributed by atoms with Gasteiger partial charge in [-0.3, -0.25) is 0 Å². The lowest BCUT2D eigenvalue weighted by Crippen LogP contribution is -2.14.